The molecule has 1 N–H and O–H groups in total. The first-order valence-corrected chi connectivity index (χ1v) is 8.57. The summed E-state index contributed by atoms with van der Waals surface area (Å²) in [6.45, 7) is 4.13. The van der Waals surface area contributed by atoms with E-state index in [2.05, 4.69) is 0 Å². The maximum absolute atomic E-state index is 12.7. The quantitative estimate of drug-likeness (QED) is 0.915. The predicted octanol–water partition coefficient (Wildman–Crippen LogP) is 2.30. The van der Waals surface area contributed by atoms with E-state index in [9.17, 15) is 9.90 Å². The SMILES string of the molecule is C[C@H](O)C[C@@H]1CCCN1C(=O)CN1CCOc2ccc(Cl)cc21. The average Bonchev–Trinajstić information content (AvgIpc) is 2.95. The van der Waals surface area contributed by atoms with Gasteiger partial charge in [-0.25, -0.2) is 0 Å². The molecule has 1 aromatic carbocycles. The highest BCUT2D eigenvalue weighted by Gasteiger charge is 2.31. The summed E-state index contributed by atoms with van der Waals surface area (Å²) in [6, 6.07) is 5.65. The van der Waals surface area contributed by atoms with Crippen LogP contribution in [0.3, 0.4) is 0 Å². The van der Waals surface area contributed by atoms with Crippen LogP contribution in [0.4, 0.5) is 5.69 Å². The molecular weight excluding hydrogens is 316 g/mol. The molecule has 2 aliphatic rings. The molecule has 2 heterocycles. The summed E-state index contributed by atoms with van der Waals surface area (Å²) in [5, 5.41) is 10.3. The zero-order valence-electron chi connectivity index (χ0n) is 13.4. The van der Waals surface area contributed by atoms with Crippen molar-refractivity contribution in [2.24, 2.45) is 0 Å². The van der Waals surface area contributed by atoms with Crippen LogP contribution >= 0.6 is 11.6 Å². The van der Waals surface area contributed by atoms with Gasteiger partial charge >= 0.3 is 0 Å². The van der Waals surface area contributed by atoms with Gasteiger partial charge in [-0.05, 0) is 44.4 Å². The van der Waals surface area contributed by atoms with Crippen LogP contribution in [0.25, 0.3) is 0 Å². The number of hydrogen-bond acceptors (Lipinski definition) is 4. The Bertz CT molecular complexity index is 579. The second kappa shape index (κ2) is 6.97. The number of aliphatic hydroxyl groups is 1. The van der Waals surface area contributed by atoms with E-state index in [1.54, 1.807) is 13.0 Å². The van der Waals surface area contributed by atoms with E-state index < -0.39 is 0 Å². The van der Waals surface area contributed by atoms with Crippen LogP contribution in [0.1, 0.15) is 26.2 Å². The van der Waals surface area contributed by atoms with Crippen molar-refractivity contribution in [3.63, 3.8) is 0 Å². The molecule has 0 bridgehead atoms. The number of rotatable bonds is 4. The smallest absolute Gasteiger partial charge is 0.242 e. The number of carbonyl (C=O) groups is 1. The number of aliphatic hydroxyl groups excluding tert-OH is 1. The molecule has 0 aromatic heterocycles. The van der Waals surface area contributed by atoms with Crippen LogP contribution in [-0.2, 0) is 4.79 Å². The van der Waals surface area contributed by atoms with Crippen molar-refractivity contribution in [2.45, 2.75) is 38.3 Å². The highest BCUT2D eigenvalue weighted by molar-refractivity contribution is 6.31. The van der Waals surface area contributed by atoms with Crippen LogP contribution in [0.5, 0.6) is 5.75 Å². The number of fused-ring (bicyclic) bond motifs is 1. The summed E-state index contributed by atoms with van der Waals surface area (Å²) in [6.07, 6.45) is 2.25. The molecule has 0 unspecified atom stereocenters. The minimum Gasteiger partial charge on any atom is -0.490 e. The number of amides is 1. The zero-order chi connectivity index (χ0) is 16.4. The number of nitrogens with zero attached hydrogens (tertiary/aromatic N) is 2. The third-order valence-electron chi connectivity index (χ3n) is 4.52. The Labute approximate surface area is 141 Å². The van der Waals surface area contributed by atoms with E-state index in [0.29, 0.717) is 31.1 Å². The van der Waals surface area contributed by atoms with Crippen molar-refractivity contribution in [1.82, 2.24) is 4.90 Å². The molecule has 23 heavy (non-hydrogen) atoms. The van der Waals surface area contributed by atoms with Gasteiger partial charge in [0.2, 0.25) is 5.91 Å². The molecule has 126 valence electrons. The van der Waals surface area contributed by atoms with E-state index in [-0.39, 0.29) is 18.1 Å². The maximum Gasteiger partial charge on any atom is 0.242 e. The van der Waals surface area contributed by atoms with Gasteiger partial charge in [0.1, 0.15) is 12.4 Å². The largest absolute Gasteiger partial charge is 0.490 e. The molecule has 1 amide bonds. The molecule has 3 rings (SSSR count). The van der Waals surface area contributed by atoms with Gasteiger partial charge in [0.25, 0.3) is 0 Å². The van der Waals surface area contributed by atoms with E-state index in [4.69, 9.17) is 16.3 Å². The molecule has 0 saturated carbocycles. The fourth-order valence-electron chi connectivity index (χ4n) is 3.47. The fourth-order valence-corrected chi connectivity index (χ4v) is 3.63. The van der Waals surface area contributed by atoms with E-state index in [1.165, 1.54) is 0 Å². The highest BCUT2D eigenvalue weighted by atomic mass is 35.5. The number of ether oxygens (including phenoxy) is 1. The Balaban J connectivity index is 1.70. The molecular formula is C17H23ClN2O3. The van der Waals surface area contributed by atoms with Crippen LogP contribution in [0.2, 0.25) is 5.02 Å². The van der Waals surface area contributed by atoms with Crippen molar-refractivity contribution in [3.05, 3.63) is 23.2 Å². The van der Waals surface area contributed by atoms with Gasteiger partial charge < -0.3 is 19.6 Å². The van der Waals surface area contributed by atoms with Crippen molar-refractivity contribution in [3.8, 4) is 5.75 Å². The van der Waals surface area contributed by atoms with E-state index >= 15 is 0 Å². The Morgan fingerprint density at radius 3 is 3.09 bits per heavy atom. The van der Waals surface area contributed by atoms with Gasteiger partial charge in [0, 0.05) is 17.6 Å². The molecule has 1 saturated heterocycles. The number of benzene rings is 1. The Hall–Kier alpha value is -1.46. The molecule has 1 fully saturated rings. The molecule has 2 aliphatic heterocycles. The molecule has 0 aliphatic carbocycles. The Kier molecular flexibility index (Phi) is 4.97. The van der Waals surface area contributed by atoms with Crippen molar-refractivity contribution in [1.29, 1.82) is 0 Å². The lowest BCUT2D eigenvalue weighted by Crippen LogP contribution is -2.45. The van der Waals surface area contributed by atoms with Crippen LogP contribution in [0.15, 0.2) is 18.2 Å². The van der Waals surface area contributed by atoms with Crippen LogP contribution in [0, 0.1) is 0 Å². The first kappa shape index (κ1) is 16.4. The second-order valence-electron chi connectivity index (χ2n) is 6.35. The first-order chi connectivity index (χ1) is 11.0. The Morgan fingerprint density at radius 2 is 2.30 bits per heavy atom. The van der Waals surface area contributed by atoms with Gasteiger partial charge in [-0.2, -0.15) is 0 Å². The molecule has 5 nitrogen and oxygen atoms in total. The molecule has 0 radical (unpaired) electrons. The third-order valence-corrected chi connectivity index (χ3v) is 4.75. The Morgan fingerprint density at radius 1 is 1.48 bits per heavy atom. The summed E-state index contributed by atoms with van der Waals surface area (Å²) in [7, 11) is 0. The highest BCUT2D eigenvalue weighted by Crippen LogP contribution is 2.34. The molecule has 1 aromatic rings. The van der Waals surface area contributed by atoms with E-state index in [1.807, 2.05) is 21.9 Å². The first-order valence-electron chi connectivity index (χ1n) is 8.19. The summed E-state index contributed by atoms with van der Waals surface area (Å²) in [5.41, 5.74) is 0.878. The summed E-state index contributed by atoms with van der Waals surface area (Å²) < 4.78 is 5.63. The summed E-state index contributed by atoms with van der Waals surface area (Å²) >= 11 is 6.08. The molecule has 2 atom stereocenters. The summed E-state index contributed by atoms with van der Waals surface area (Å²) in [4.78, 5) is 16.7. The normalized spacial score (nSPS) is 21.8. The monoisotopic (exact) mass is 338 g/mol. The zero-order valence-corrected chi connectivity index (χ0v) is 14.1. The minimum absolute atomic E-state index is 0.112. The van der Waals surface area contributed by atoms with Crippen LogP contribution in [-0.4, -0.2) is 54.3 Å². The van der Waals surface area contributed by atoms with Crippen molar-refractivity contribution in [2.75, 3.05) is 31.1 Å². The van der Waals surface area contributed by atoms with Crippen molar-refractivity contribution < 1.29 is 14.6 Å². The van der Waals surface area contributed by atoms with Gasteiger partial charge in [-0.15, -0.1) is 0 Å². The van der Waals surface area contributed by atoms with E-state index in [0.717, 1.165) is 30.8 Å². The lowest BCUT2D eigenvalue weighted by molar-refractivity contribution is -0.131. The third kappa shape index (κ3) is 3.72. The van der Waals surface area contributed by atoms with Gasteiger partial charge in [-0.3, -0.25) is 4.79 Å². The maximum atomic E-state index is 12.7. The predicted molar refractivity (Wildman–Crippen MR) is 90.2 cm³/mol. The molecule has 6 heteroatoms. The van der Waals surface area contributed by atoms with Crippen molar-refractivity contribution >= 4 is 23.2 Å². The molecule has 0 spiro atoms. The minimum atomic E-state index is -0.378. The number of halogens is 1. The number of likely N-dealkylation sites (tertiary alicyclic amines) is 1. The number of carbonyl (C=O) groups excluding carboxylic acids is 1. The van der Waals surface area contributed by atoms with Gasteiger partial charge in [0.05, 0.1) is 24.9 Å². The fraction of sp³-hybridized carbons (Fsp3) is 0.588. The van der Waals surface area contributed by atoms with Gasteiger partial charge in [0.15, 0.2) is 0 Å². The average molecular weight is 339 g/mol. The lowest BCUT2D eigenvalue weighted by atomic mass is 10.1. The number of anilines is 1. The number of hydrogen-bond donors (Lipinski definition) is 1. The standard InChI is InChI=1S/C17H23ClN2O3/c1-12(21)9-14-3-2-6-20(14)17(22)11-19-7-8-23-16-5-4-13(18)10-15(16)19/h4-5,10,12,14,21H,2-3,6-9,11H2,1H3/t12-,14-/m0/s1. The lowest BCUT2D eigenvalue weighted by Gasteiger charge is -2.33. The second-order valence-corrected chi connectivity index (χ2v) is 6.79. The summed E-state index contributed by atoms with van der Waals surface area (Å²) in [5.74, 6) is 0.886. The van der Waals surface area contributed by atoms with Gasteiger partial charge in [-0.1, -0.05) is 11.6 Å². The van der Waals surface area contributed by atoms with Crippen LogP contribution < -0.4 is 9.64 Å². The topological polar surface area (TPSA) is 53.0 Å².